The monoisotopic (exact) mass is 375 g/mol. The van der Waals surface area contributed by atoms with Crippen molar-refractivity contribution in [2.45, 2.75) is 18.8 Å². The number of rotatable bonds is 9. The van der Waals surface area contributed by atoms with Gasteiger partial charge in [-0.25, -0.2) is 0 Å². The van der Waals surface area contributed by atoms with Gasteiger partial charge < -0.3 is 30.6 Å². The molecule has 1 aromatic carbocycles. The third kappa shape index (κ3) is 5.16. The summed E-state index contributed by atoms with van der Waals surface area (Å²) in [6.07, 6.45) is 4.64. The minimum absolute atomic E-state index is 0.0198. The van der Waals surface area contributed by atoms with Crippen molar-refractivity contribution in [1.29, 1.82) is 0 Å². The number of nitrogens with one attached hydrogen (secondary N) is 2. The molecule has 0 aromatic heterocycles. The van der Waals surface area contributed by atoms with Crippen LogP contribution >= 0.6 is 0 Å². The van der Waals surface area contributed by atoms with Gasteiger partial charge in [0.25, 0.3) is 0 Å². The maximum atomic E-state index is 12.2. The lowest BCUT2D eigenvalue weighted by Crippen LogP contribution is -2.47. The van der Waals surface area contributed by atoms with Crippen LogP contribution in [0.5, 0.6) is 0 Å². The number of benzene rings is 1. The van der Waals surface area contributed by atoms with E-state index in [4.69, 9.17) is 19.9 Å². The van der Waals surface area contributed by atoms with Crippen molar-refractivity contribution >= 4 is 17.5 Å². The van der Waals surface area contributed by atoms with Gasteiger partial charge in [0, 0.05) is 37.8 Å². The number of hydrogen-bond acceptors (Lipinski definition) is 6. The second kappa shape index (κ2) is 9.31. The van der Waals surface area contributed by atoms with Crippen molar-refractivity contribution in [3.8, 4) is 0 Å². The molecule has 0 radical (unpaired) electrons. The summed E-state index contributed by atoms with van der Waals surface area (Å²) >= 11 is 0. The van der Waals surface area contributed by atoms with Crippen molar-refractivity contribution in [2.24, 2.45) is 5.73 Å². The van der Waals surface area contributed by atoms with Crippen LogP contribution in [0.2, 0.25) is 0 Å². The number of amides is 2. The molecule has 0 heterocycles. The molecule has 146 valence electrons. The SMILES string of the molecule is CCOC1(OC)C=CC(NC(=O)CNc2cccc(C(N)=O)c2)=CC1OC. The Kier molecular flexibility index (Phi) is 7.12. The molecule has 2 rings (SSSR count). The van der Waals surface area contributed by atoms with E-state index in [1.807, 2.05) is 6.92 Å². The largest absolute Gasteiger partial charge is 0.376 e. The third-order valence-corrected chi connectivity index (χ3v) is 4.05. The first-order valence-electron chi connectivity index (χ1n) is 8.50. The van der Waals surface area contributed by atoms with Crippen LogP contribution in [0.4, 0.5) is 5.69 Å². The molecular weight excluding hydrogens is 350 g/mol. The molecular formula is C19H25N3O5. The van der Waals surface area contributed by atoms with E-state index in [-0.39, 0.29) is 12.5 Å². The maximum Gasteiger partial charge on any atom is 0.248 e. The highest BCUT2D eigenvalue weighted by atomic mass is 16.7. The number of primary amides is 1. The van der Waals surface area contributed by atoms with E-state index >= 15 is 0 Å². The summed E-state index contributed by atoms with van der Waals surface area (Å²) in [4.78, 5) is 23.4. The number of methoxy groups -OCH3 is 2. The molecule has 1 aliphatic carbocycles. The Morgan fingerprint density at radius 2 is 2.07 bits per heavy atom. The summed E-state index contributed by atoms with van der Waals surface area (Å²) in [7, 11) is 3.08. The van der Waals surface area contributed by atoms with Gasteiger partial charge in [0.2, 0.25) is 17.6 Å². The lowest BCUT2D eigenvalue weighted by atomic mass is 10.0. The standard InChI is InChI=1S/C19H25N3O5/c1-4-27-19(26-3)9-8-15(11-16(19)25-2)22-17(23)12-21-14-7-5-6-13(10-14)18(20)24/h5-11,16,21H,4,12H2,1-3H3,(H2,20,24)(H,22,23). The molecule has 0 fully saturated rings. The molecule has 2 amide bonds. The summed E-state index contributed by atoms with van der Waals surface area (Å²) in [5.41, 5.74) is 6.82. The molecule has 8 heteroatoms. The third-order valence-electron chi connectivity index (χ3n) is 4.05. The Hall–Kier alpha value is -2.68. The van der Waals surface area contributed by atoms with Gasteiger partial charge in [-0.1, -0.05) is 6.07 Å². The van der Waals surface area contributed by atoms with Gasteiger partial charge in [-0.2, -0.15) is 0 Å². The van der Waals surface area contributed by atoms with Gasteiger partial charge in [-0.05, 0) is 43.4 Å². The van der Waals surface area contributed by atoms with Crippen molar-refractivity contribution < 1.29 is 23.8 Å². The molecule has 2 atom stereocenters. The van der Waals surface area contributed by atoms with Crippen LogP contribution in [0.3, 0.4) is 0 Å². The second-order valence-electron chi connectivity index (χ2n) is 5.82. The lowest BCUT2D eigenvalue weighted by Gasteiger charge is -2.36. The maximum absolute atomic E-state index is 12.2. The average Bonchev–Trinajstić information content (AvgIpc) is 2.68. The van der Waals surface area contributed by atoms with Gasteiger partial charge in [0.05, 0.1) is 6.54 Å². The van der Waals surface area contributed by atoms with Crippen LogP contribution in [0.15, 0.2) is 48.2 Å². The summed E-state index contributed by atoms with van der Waals surface area (Å²) in [6.45, 7) is 2.33. The first kappa shape index (κ1) is 20.6. The first-order chi connectivity index (χ1) is 12.9. The van der Waals surface area contributed by atoms with Crippen LogP contribution in [0.25, 0.3) is 0 Å². The van der Waals surface area contributed by atoms with Crippen molar-refractivity contribution in [3.63, 3.8) is 0 Å². The van der Waals surface area contributed by atoms with Crippen LogP contribution in [-0.2, 0) is 19.0 Å². The molecule has 27 heavy (non-hydrogen) atoms. The Morgan fingerprint density at radius 1 is 1.30 bits per heavy atom. The zero-order valence-corrected chi connectivity index (χ0v) is 15.7. The van der Waals surface area contributed by atoms with E-state index in [0.29, 0.717) is 23.6 Å². The van der Waals surface area contributed by atoms with Crippen molar-refractivity contribution in [1.82, 2.24) is 5.32 Å². The number of nitrogens with two attached hydrogens (primary N) is 1. The first-order valence-corrected chi connectivity index (χ1v) is 8.50. The quantitative estimate of drug-likeness (QED) is 0.559. The molecule has 0 saturated heterocycles. The fourth-order valence-corrected chi connectivity index (χ4v) is 2.72. The molecule has 2 unspecified atom stereocenters. The minimum atomic E-state index is -1.02. The molecule has 1 aliphatic rings. The molecule has 0 saturated carbocycles. The average molecular weight is 375 g/mol. The zero-order valence-electron chi connectivity index (χ0n) is 15.7. The number of anilines is 1. The van der Waals surface area contributed by atoms with E-state index in [2.05, 4.69) is 10.6 Å². The van der Waals surface area contributed by atoms with E-state index < -0.39 is 17.8 Å². The highest BCUT2D eigenvalue weighted by Gasteiger charge is 2.39. The summed E-state index contributed by atoms with van der Waals surface area (Å²) < 4.78 is 16.6. The number of carbonyl (C=O) groups excluding carboxylic acids is 2. The van der Waals surface area contributed by atoms with E-state index in [1.165, 1.54) is 7.11 Å². The van der Waals surface area contributed by atoms with Crippen LogP contribution < -0.4 is 16.4 Å². The van der Waals surface area contributed by atoms with Crippen LogP contribution in [-0.4, -0.2) is 51.1 Å². The molecule has 8 nitrogen and oxygen atoms in total. The van der Waals surface area contributed by atoms with Crippen molar-refractivity contribution in [3.05, 3.63) is 53.8 Å². The topological polar surface area (TPSA) is 112 Å². The van der Waals surface area contributed by atoms with Gasteiger partial charge in [0.15, 0.2) is 0 Å². The Labute approximate surface area is 158 Å². The van der Waals surface area contributed by atoms with Crippen molar-refractivity contribution in [2.75, 3.05) is 32.7 Å². The smallest absolute Gasteiger partial charge is 0.248 e. The normalized spacial score (nSPS) is 21.4. The second-order valence-corrected chi connectivity index (χ2v) is 5.82. The number of carbonyl (C=O) groups is 2. The minimum Gasteiger partial charge on any atom is -0.376 e. The molecule has 0 aliphatic heterocycles. The molecule has 0 bridgehead atoms. The predicted octanol–water partition coefficient (Wildman–Crippen LogP) is 1.16. The van der Waals surface area contributed by atoms with Gasteiger partial charge >= 0.3 is 0 Å². The number of allylic oxidation sites excluding steroid dienone is 1. The number of ether oxygens (including phenoxy) is 3. The fourth-order valence-electron chi connectivity index (χ4n) is 2.72. The summed E-state index contributed by atoms with van der Waals surface area (Å²) in [5, 5.41) is 5.74. The molecule has 1 aromatic rings. The Balaban J connectivity index is 1.97. The zero-order chi connectivity index (χ0) is 19.9. The summed E-state index contributed by atoms with van der Waals surface area (Å²) in [6, 6.07) is 6.63. The van der Waals surface area contributed by atoms with Gasteiger partial charge in [-0.15, -0.1) is 0 Å². The van der Waals surface area contributed by atoms with Gasteiger partial charge in [-0.3, -0.25) is 9.59 Å². The highest BCUT2D eigenvalue weighted by Crippen LogP contribution is 2.27. The Bertz CT molecular complexity index is 747. The van der Waals surface area contributed by atoms with E-state index in [9.17, 15) is 9.59 Å². The summed E-state index contributed by atoms with van der Waals surface area (Å²) in [5.74, 6) is -1.81. The highest BCUT2D eigenvalue weighted by molar-refractivity contribution is 5.94. The molecule has 4 N–H and O–H groups in total. The Morgan fingerprint density at radius 3 is 2.70 bits per heavy atom. The number of hydrogen-bond donors (Lipinski definition) is 3. The predicted molar refractivity (Wildman–Crippen MR) is 101 cm³/mol. The molecule has 0 spiro atoms. The van der Waals surface area contributed by atoms with E-state index in [0.717, 1.165) is 0 Å². The lowest BCUT2D eigenvalue weighted by molar-refractivity contribution is -0.232. The van der Waals surface area contributed by atoms with Crippen LogP contribution in [0.1, 0.15) is 17.3 Å². The fraction of sp³-hybridized carbons (Fsp3) is 0.368. The van der Waals surface area contributed by atoms with Gasteiger partial charge in [0.1, 0.15) is 6.10 Å². The van der Waals surface area contributed by atoms with Crippen LogP contribution in [0, 0.1) is 0 Å². The van der Waals surface area contributed by atoms with E-state index in [1.54, 1.807) is 49.6 Å².